The molecule has 1 aromatic rings. The van der Waals surface area contributed by atoms with Crippen LogP contribution in [0.4, 0.5) is 4.79 Å². The Hall–Kier alpha value is -1.99. The molecule has 3 amide bonds. The molecule has 1 saturated heterocycles. The first-order chi connectivity index (χ1) is 13.7. The van der Waals surface area contributed by atoms with E-state index in [0.717, 1.165) is 36.9 Å². The van der Waals surface area contributed by atoms with E-state index >= 15 is 0 Å². The minimum absolute atomic E-state index is 0.154. The Balaban J connectivity index is 1.34. The van der Waals surface area contributed by atoms with Crippen LogP contribution in [0.15, 0.2) is 36.4 Å². The van der Waals surface area contributed by atoms with Crippen LogP contribution in [-0.4, -0.2) is 42.3 Å². The number of urea groups is 1. The standard InChI is InChI=1S/C21H29N3O3S/c1-2-19(17-7-6-8-18(13-17)27-15-16-9-10-16)23-28-12-5-3-4-11-24-14-20(25)22-21(24)26/h3-4,6-8,13,16,19,23H,2,5,9-12,14-15H2,1H3,(H,22,25,26)/b4-3+/t19-/m1/s1. The number of ether oxygens (including phenoxy) is 1. The van der Waals surface area contributed by atoms with Crippen molar-refractivity contribution in [3.8, 4) is 5.75 Å². The summed E-state index contributed by atoms with van der Waals surface area (Å²) in [5.41, 5.74) is 1.25. The average Bonchev–Trinajstić information content (AvgIpc) is 3.46. The smallest absolute Gasteiger partial charge is 0.324 e. The lowest BCUT2D eigenvalue weighted by atomic mass is 10.1. The van der Waals surface area contributed by atoms with Gasteiger partial charge < -0.3 is 9.64 Å². The summed E-state index contributed by atoms with van der Waals surface area (Å²) in [6, 6.07) is 8.37. The maximum Gasteiger partial charge on any atom is 0.324 e. The highest BCUT2D eigenvalue weighted by atomic mass is 32.2. The van der Waals surface area contributed by atoms with Gasteiger partial charge in [-0.2, -0.15) is 0 Å². The summed E-state index contributed by atoms with van der Waals surface area (Å²) >= 11 is 1.71. The molecule has 2 fully saturated rings. The van der Waals surface area contributed by atoms with Crippen LogP contribution in [0.2, 0.25) is 0 Å². The van der Waals surface area contributed by atoms with Gasteiger partial charge in [-0.25, -0.2) is 4.79 Å². The Morgan fingerprint density at radius 1 is 1.36 bits per heavy atom. The first-order valence-corrected chi connectivity index (χ1v) is 11.0. The second-order valence-corrected chi connectivity index (χ2v) is 8.18. The molecule has 1 saturated carbocycles. The zero-order chi connectivity index (χ0) is 19.8. The van der Waals surface area contributed by atoms with Crippen LogP contribution in [0.5, 0.6) is 5.75 Å². The van der Waals surface area contributed by atoms with Crippen molar-refractivity contribution < 1.29 is 14.3 Å². The van der Waals surface area contributed by atoms with E-state index in [0.29, 0.717) is 6.54 Å². The number of nitrogens with one attached hydrogen (secondary N) is 2. The summed E-state index contributed by atoms with van der Waals surface area (Å²) in [6.45, 7) is 3.64. The van der Waals surface area contributed by atoms with Gasteiger partial charge in [-0.15, -0.1) is 0 Å². The van der Waals surface area contributed by atoms with Crippen molar-refractivity contribution in [2.45, 2.75) is 38.6 Å². The molecule has 28 heavy (non-hydrogen) atoms. The highest BCUT2D eigenvalue weighted by Gasteiger charge is 2.25. The molecule has 6 nitrogen and oxygen atoms in total. The molecule has 0 bridgehead atoms. The van der Waals surface area contributed by atoms with Crippen LogP contribution in [0, 0.1) is 5.92 Å². The monoisotopic (exact) mass is 403 g/mol. The summed E-state index contributed by atoms with van der Waals surface area (Å²) in [7, 11) is 0. The molecule has 1 aromatic carbocycles. The Kier molecular flexibility index (Phi) is 7.80. The van der Waals surface area contributed by atoms with Crippen molar-refractivity contribution in [3.05, 3.63) is 42.0 Å². The molecule has 1 aliphatic heterocycles. The van der Waals surface area contributed by atoms with Crippen molar-refractivity contribution >= 4 is 23.9 Å². The van der Waals surface area contributed by atoms with Crippen molar-refractivity contribution in [2.75, 3.05) is 25.4 Å². The summed E-state index contributed by atoms with van der Waals surface area (Å²) in [6.07, 6.45) is 8.50. The number of carbonyl (C=O) groups excluding carboxylic acids is 2. The van der Waals surface area contributed by atoms with Crippen LogP contribution in [0.1, 0.15) is 44.2 Å². The van der Waals surface area contributed by atoms with E-state index in [1.807, 2.05) is 12.1 Å². The fourth-order valence-electron chi connectivity index (χ4n) is 2.94. The molecule has 0 spiro atoms. The van der Waals surface area contributed by atoms with Crippen LogP contribution >= 0.6 is 11.9 Å². The normalized spacial score (nSPS) is 18.0. The average molecular weight is 404 g/mol. The molecule has 1 heterocycles. The number of hydrogen-bond donors (Lipinski definition) is 2. The molecule has 1 aliphatic carbocycles. The zero-order valence-electron chi connectivity index (χ0n) is 16.4. The van der Waals surface area contributed by atoms with Gasteiger partial charge in [-0.3, -0.25) is 14.8 Å². The SMILES string of the molecule is CC[C@@H](NSCC/C=C/CN1CC(=O)NC1=O)c1cccc(OCC2CC2)c1. The van der Waals surface area contributed by atoms with Crippen molar-refractivity contribution in [3.63, 3.8) is 0 Å². The van der Waals surface area contributed by atoms with E-state index < -0.39 is 0 Å². The summed E-state index contributed by atoms with van der Waals surface area (Å²) in [5, 5.41) is 2.27. The third-order valence-corrected chi connectivity index (χ3v) is 5.72. The third-order valence-electron chi connectivity index (χ3n) is 4.82. The topological polar surface area (TPSA) is 70.7 Å². The van der Waals surface area contributed by atoms with Crippen LogP contribution < -0.4 is 14.8 Å². The van der Waals surface area contributed by atoms with Crippen LogP contribution in [0.3, 0.4) is 0 Å². The fraction of sp³-hybridized carbons (Fsp3) is 0.524. The Labute approximate surface area is 171 Å². The summed E-state index contributed by atoms with van der Waals surface area (Å²) in [5.74, 6) is 2.43. The van der Waals surface area contributed by atoms with Gasteiger partial charge in [-0.1, -0.05) is 43.2 Å². The largest absolute Gasteiger partial charge is 0.493 e. The van der Waals surface area contributed by atoms with E-state index in [1.165, 1.54) is 23.3 Å². The number of rotatable bonds is 12. The molecule has 2 N–H and O–H groups in total. The molecule has 3 rings (SSSR count). The fourth-order valence-corrected chi connectivity index (χ4v) is 3.82. The molecular formula is C21H29N3O3S. The van der Waals surface area contributed by atoms with Crippen molar-refractivity contribution in [1.29, 1.82) is 0 Å². The first-order valence-electron chi connectivity index (χ1n) is 9.99. The number of hydrogen-bond acceptors (Lipinski definition) is 5. The van der Waals surface area contributed by atoms with Crippen molar-refractivity contribution in [2.24, 2.45) is 5.92 Å². The predicted molar refractivity (Wildman–Crippen MR) is 112 cm³/mol. The number of nitrogens with zero attached hydrogens (tertiary/aromatic N) is 1. The third kappa shape index (κ3) is 6.56. The Bertz CT molecular complexity index is 706. The molecule has 0 unspecified atom stereocenters. The quantitative estimate of drug-likeness (QED) is 0.241. The van der Waals surface area contributed by atoms with Crippen molar-refractivity contribution in [1.82, 2.24) is 14.9 Å². The number of imide groups is 1. The van der Waals surface area contributed by atoms with E-state index in [1.54, 1.807) is 11.9 Å². The van der Waals surface area contributed by atoms with Crippen LogP contribution in [0.25, 0.3) is 0 Å². The highest BCUT2D eigenvalue weighted by molar-refractivity contribution is 7.97. The maximum absolute atomic E-state index is 11.4. The molecule has 7 heteroatoms. The van der Waals surface area contributed by atoms with E-state index in [2.05, 4.69) is 41.2 Å². The number of carbonyl (C=O) groups is 2. The molecular weight excluding hydrogens is 374 g/mol. The molecule has 0 aromatic heterocycles. The second kappa shape index (κ2) is 10.5. The van der Waals surface area contributed by atoms with Gasteiger partial charge in [0.1, 0.15) is 12.3 Å². The maximum atomic E-state index is 11.4. The lowest BCUT2D eigenvalue weighted by molar-refractivity contribution is -0.118. The van der Waals surface area contributed by atoms with E-state index in [9.17, 15) is 9.59 Å². The minimum Gasteiger partial charge on any atom is -0.493 e. The Morgan fingerprint density at radius 3 is 2.93 bits per heavy atom. The second-order valence-electron chi connectivity index (χ2n) is 7.25. The minimum atomic E-state index is -0.306. The van der Waals surface area contributed by atoms with Gasteiger partial charge in [0.25, 0.3) is 0 Å². The number of allylic oxidation sites excluding steroid dienone is 1. The van der Waals surface area contributed by atoms with Gasteiger partial charge in [0.2, 0.25) is 5.91 Å². The van der Waals surface area contributed by atoms with E-state index in [-0.39, 0.29) is 24.5 Å². The molecule has 1 atom stereocenters. The van der Waals surface area contributed by atoms with Gasteiger partial charge >= 0.3 is 6.03 Å². The number of amides is 3. The molecule has 2 aliphatic rings. The zero-order valence-corrected chi connectivity index (χ0v) is 17.2. The highest BCUT2D eigenvalue weighted by Crippen LogP contribution is 2.30. The summed E-state index contributed by atoms with van der Waals surface area (Å²) in [4.78, 5) is 24.0. The lowest BCUT2D eigenvalue weighted by Gasteiger charge is -2.17. The van der Waals surface area contributed by atoms with Gasteiger partial charge in [-0.05, 0) is 49.3 Å². The molecule has 152 valence electrons. The Morgan fingerprint density at radius 2 is 2.21 bits per heavy atom. The predicted octanol–water partition coefficient (Wildman–Crippen LogP) is 3.66. The lowest BCUT2D eigenvalue weighted by Crippen LogP contribution is -2.28. The van der Waals surface area contributed by atoms with Gasteiger partial charge in [0.05, 0.1) is 6.61 Å². The van der Waals surface area contributed by atoms with Gasteiger partial charge in [0.15, 0.2) is 0 Å². The summed E-state index contributed by atoms with van der Waals surface area (Å²) < 4.78 is 9.44. The number of benzene rings is 1. The first kappa shape index (κ1) is 20.7. The van der Waals surface area contributed by atoms with Crippen LogP contribution in [-0.2, 0) is 4.79 Å². The molecule has 0 radical (unpaired) electrons. The van der Waals surface area contributed by atoms with E-state index in [4.69, 9.17) is 4.74 Å². The van der Waals surface area contributed by atoms with Gasteiger partial charge in [0, 0.05) is 18.3 Å².